The van der Waals surface area contributed by atoms with Crippen molar-refractivity contribution in [2.75, 3.05) is 18.0 Å². The van der Waals surface area contributed by atoms with Crippen LogP contribution in [0.1, 0.15) is 23.2 Å². The van der Waals surface area contributed by atoms with Gasteiger partial charge in [0.05, 0.1) is 17.9 Å². The molecule has 0 atom stereocenters. The zero-order valence-corrected chi connectivity index (χ0v) is 17.6. The smallest absolute Gasteiger partial charge is 0.248 e. The Balaban J connectivity index is 1.60. The Morgan fingerprint density at radius 2 is 1.94 bits per heavy atom. The van der Waals surface area contributed by atoms with Gasteiger partial charge in [0.1, 0.15) is 17.3 Å². The van der Waals surface area contributed by atoms with Crippen LogP contribution in [-0.4, -0.2) is 55.0 Å². The molecular weight excluding hydrogens is 406 g/mol. The van der Waals surface area contributed by atoms with Crippen LogP contribution in [0.25, 0.3) is 22.2 Å². The summed E-state index contributed by atoms with van der Waals surface area (Å²) in [5, 5.41) is 12.5. The molecule has 0 unspecified atom stereocenters. The van der Waals surface area contributed by atoms with Gasteiger partial charge in [-0.05, 0) is 50.2 Å². The lowest BCUT2D eigenvalue weighted by atomic mass is 10.0. The predicted octanol–water partition coefficient (Wildman–Crippen LogP) is 1.81. The fourth-order valence-corrected chi connectivity index (χ4v) is 4.03. The molecule has 1 amide bonds. The van der Waals surface area contributed by atoms with Gasteiger partial charge in [-0.25, -0.2) is 9.97 Å². The minimum absolute atomic E-state index is 0.188. The van der Waals surface area contributed by atoms with Crippen LogP contribution >= 0.6 is 0 Å². The first kappa shape index (κ1) is 20.0. The highest BCUT2D eigenvalue weighted by atomic mass is 16.1. The highest BCUT2D eigenvalue weighted by molar-refractivity contribution is 5.93. The minimum Gasteiger partial charge on any atom is -0.366 e. The molecule has 5 heterocycles. The molecule has 10 heteroatoms. The molecule has 0 bridgehead atoms. The molecule has 162 valence electrons. The lowest BCUT2D eigenvalue weighted by Crippen LogP contribution is -2.41. The zero-order valence-electron chi connectivity index (χ0n) is 17.6. The van der Waals surface area contributed by atoms with Crippen molar-refractivity contribution in [3.8, 4) is 11.3 Å². The molecule has 1 fully saturated rings. The number of aryl methyl sites for hydroxylation is 1. The molecule has 5 rings (SSSR count). The van der Waals surface area contributed by atoms with Crippen molar-refractivity contribution in [1.29, 1.82) is 0 Å². The molecule has 4 aromatic rings. The van der Waals surface area contributed by atoms with Gasteiger partial charge in [-0.1, -0.05) is 5.21 Å². The molecule has 3 N–H and O–H groups in total. The molecule has 0 aliphatic carbocycles. The van der Waals surface area contributed by atoms with Gasteiger partial charge in [0.25, 0.3) is 0 Å². The third-order valence-corrected chi connectivity index (χ3v) is 5.65. The highest BCUT2D eigenvalue weighted by Crippen LogP contribution is 2.31. The maximum atomic E-state index is 11.8. The first-order chi connectivity index (χ1) is 15.6. The number of nitrogens with two attached hydrogens (primary N) is 1. The first-order valence-corrected chi connectivity index (χ1v) is 10.5. The first-order valence-electron chi connectivity index (χ1n) is 10.5. The average Bonchev–Trinajstić information content (AvgIpc) is 3.26. The predicted molar refractivity (Wildman–Crippen MR) is 120 cm³/mol. The second-order valence-corrected chi connectivity index (χ2v) is 7.85. The Labute approximate surface area is 184 Å². The molecule has 10 nitrogen and oxygen atoms in total. The minimum atomic E-state index is -0.483. The Hall–Kier alpha value is -3.92. The van der Waals surface area contributed by atoms with Gasteiger partial charge in [-0.15, -0.1) is 5.10 Å². The Bertz CT molecular complexity index is 1280. The molecule has 0 aromatic carbocycles. The van der Waals surface area contributed by atoms with Crippen LogP contribution < -0.4 is 16.0 Å². The van der Waals surface area contributed by atoms with Crippen LogP contribution in [0.4, 0.5) is 11.6 Å². The monoisotopic (exact) mass is 429 g/mol. The van der Waals surface area contributed by atoms with Crippen LogP contribution in [-0.2, 0) is 7.05 Å². The van der Waals surface area contributed by atoms with Gasteiger partial charge in [0.15, 0.2) is 0 Å². The van der Waals surface area contributed by atoms with Crippen molar-refractivity contribution >= 4 is 28.4 Å². The number of carbonyl (C=O) groups is 1. The van der Waals surface area contributed by atoms with Crippen LogP contribution in [0.15, 0.2) is 49.1 Å². The number of primary amides is 1. The van der Waals surface area contributed by atoms with E-state index < -0.39 is 5.91 Å². The maximum absolute atomic E-state index is 11.8. The molecule has 0 spiro atoms. The number of pyridine rings is 3. The lowest BCUT2D eigenvalue weighted by Gasteiger charge is -2.35. The van der Waals surface area contributed by atoms with Crippen LogP contribution in [0.3, 0.4) is 0 Å². The molecule has 1 saturated heterocycles. The summed E-state index contributed by atoms with van der Waals surface area (Å²) in [5.41, 5.74) is 8.35. The largest absolute Gasteiger partial charge is 0.366 e. The molecule has 1 aliphatic heterocycles. The number of anilines is 2. The van der Waals surface area contributed by atoms with E-state index in [1.807, 2.05) is 25.4 Å². The number of piperidine rings is 1. The summed E-state index contributed by atoms with van der Waals surface area (Å²) in [7, 11) is 1.83. The van der Waals surface area contributed by atoms with Gasteiger partial charge >= 0.3 is 0 Å². The van der Waals surface area contributed by atoms with Crippen LogP contribution in [0.2, 0.25) is 0 Å². The van der Waals surface area contributed by atoms with E-state index in [1.165, 1.54) is 0 Å². The zero-order chi connectivity index (χ0) is 22.1. The van der Waals surface area contributed by atoms with Gasteiger partial charge in [0, 0.05) is 42.0 Å². The van der Waals surface area contributed by atoms with Gasteiger partial charge in [-0.2, -0.15) is 0 Å². The summed E-state index contributed by atoms with van der Waals surface area (Å²) in [6, 6.07) is 7.57. The van der Waals surface area contributed by atoms with Crippen molar-refractivity contribution in [2.24, 2.45) is 12.8 Å². The number of hydrogen-bond acceptors (Lipinski definition) is 8. The SMILES string of the molecule is Cn1cc(-c2cnc3cnc(N(c4cc(C(N)=O)ccn4)C4CCNCC4)cc3c2)nn1. The van der Waals surface area contributed by atoms with E-state index in [0.717, 1.165) is 53.9 Å². The van der Waals surface area contributed by atoms with Gasteiger partial charge in [-0.3, -0.25) is 14.5 Å². The number of hydrogen-bond donors (Lipinski definition) is 2. The Morgan fingerprint density at radius 1 is 1.12 bits per heavy atom. The van der Waals surface area contributed by atoms with E-state index in [1.54, 1.807) is 35.4 Å². The number of rotatable bonds is 5. The number of carbonyl (C=O) groups excluding carboxylic acids is 1. The summed E-state index contributed by atoms with van der Waals surface area (Å²) in [6.07, 6.45) is 8.86. The molecule has 4 aromatic heterocycles. The topological polar surface area (TPSA) is 128 Å². The third kappa shape index (κ3) is 3.87. The average molecular weight is 429 g/mol. The Kier molecular flexibility index (Phi) is 5.20. The second-order valence-electron chi connectivity index (χ2n) is 7.85. The summed E-state index contributed by atoms with van der Waals surface area (Å²) in [5.74, 6) is 0.915. The summed E-state index contributed by atoms with van der Waals surface area (Å²) in [4.78, 5) is 27.6. The summed E-state index contributed by atoms with van der Waals surface area (Å²) >= 11 is 0. The lowest BCUT2D eigenvalue weighted by molar-refractivity contribution is 0.1000. The molecule has 32 heavy (non-hydrogen) atoms. The fraction of sp³-hybridized carbons (Fsp3) is 0.273. The highest BCUT2D eigenvalue weighted by Gasteiger charge is 2.25. The molecule has 0 radical (unpaired) electrons. The Morgan fingerprint density at radius 3 is 2.69 bits per heavy atom. The van der Waals surface area contributed by atoms with Crippen LogP contribution in [0.5, 0.6) is 0 Å². The standard InChI is InChI=1S/C22H23N9O/c1-30-13-19(28-29-30)16-8-15-10-21(27-12-18(15)26-11-16)31(17-3-5-24-6-4-17)20-9-14(22(23)32)2-7-25-20/h2,7-13,17,24H,3-6H2,1H3,(H2,23,32). The summed E-state index contributed by atoms with van der Waals surface area (Å²) in [6.45, 7) is 1.81. The second kappa shape index (κ2) is 8.31. The van der Waals surface area contributed by atoms with E-state index in [0.29, 0.717) is 11.4 Å². The number of fused-ring (bicyclic) bond motifs is 1. The van der Waals surface area contributed by atoms with E-state index >= 15 is 0 Å². The molecule has 0 saturated carbocycles. The van der Waals surface area contributed by atoms with Crippen LogP contribution in [0, 0.1) is 0 Å². The maximum Gasteiger partial charge on any atom is 0.248 e. The number of aromatic nitrogens is 6. The number of nitrogens with one attached hydrogen (secondary N) is 1. The van der Waals surface area contributed by atoms with Crippen molar-refractivity contribution in [1.82, 2.24) is 35.3 Å². The fourth-order valence-electron chi connectivity index (χ4n) is 4.03. The quantitative estimate of drug-likeness (QED) is 0.492. The van der Waals surface area contributed by atoms with Gasteiger partial charge in [0.2, 0.25) is 5.91 Å². The van der Waals surface area contributed by atoms with Crippen molar-refractivity contribution < 1.29 is 4.79 Å². The van der Waals surface area contributed by atoms with E-state index in [9.17, 15) is 4.79 Å². The van der Waals surface area contributed by atoms with E-state index in [2.05, 4.69) is 30.5 Å². The van der Waals surface area contributed by atoms with Crippen molar-refractivity contribution in [3.63, 3.8) is 0 Å². The van der Waals surface area contributed by atoms with E-state index in [-0.39, 0.29) is 6.04 Å². The van der Waals surface area contributed by atoms with Crippen molar-refractivity contribution in [2.45, 2.75) is 18.9 Å². The summed E-state index contributed by atoms with van der Waals surface area (Å²) < 4.78 is 1.66. The van der Waals surface area contributed by atoms with Gasteiger partial charge < -0.3 is 16.0 Å². The number of nitrogens with zero attached hydrogens (tertiary/aromatic N) is 7. The third-order valence-electron chi connectivity index (χ3n) is 5.65. The van der Waals surface area contributed by atoms with E-state index in [4.69, 9.17) is 10.7 Å². The van der Waals surface area contributed by atoms with Crippen molar-refractivity contribution in [3.05, 3.63) is 54.6 Å². The normalized spacial score (nSPS) is 14.5. The molecular formula is C22H23N9O. The molecule has 1 aliphatic rings. The number of amides is 1.